The first-order valence-corrected chi connectivity index (χ1v) is 17.4. The number of nitrogens with one attached hydrogen (secondary N) is 3. The lowest BCUT2D eigenvalue weighted by Gasteiger charge is -2.36. The van der Waals surface area contributed by atoms with Crippen molar-refractivity contribution in [1.29, 1.82) is 0 Å². The predicted octanol–water partition coefficient (Wildman–Crippen LogP) is 4.98. The van der Waals surface area contributed by atoms with Gasteiger partial charge in [-0.2, -0.15) is 0 Å². The maximum Gasteiger partial charge on any atom is 0.408 e. The van der Waals surface area contributed by atoms with Crippen LogP contribution in [-0.4, -0.2) is 57.4 Å². The van der Waals surface area contributed by atoms with Gasteiger partial charge in [-0.15, -0.1) is 0 Å². The summed E-state index contributed by atoms with van der Waals surface area (Å²) in [7, 11) is 0. The van der Waals surface area contributed by atoms with E-state index < -0.39 is 41.7 Å². The van der Waals surface area contributed by atoms with Gasteiger partial charge in [0.15, 0.2) is 5.60 Å². The molecular formula is C39H43BrN4O6. The zero-order valence-electron chi connectivity index (χ0n) is 28.1. The van der Waals surface area contributed by atoms with E-state index in [0.29, 0.717) is 12.0 Å². The average molecular weight is 744 g/mol. The van der Waals surface area contributed by atoms with Crippen LogP contribution in [0.5, 0.6) is 0 Å². The van der Waals surface area contributed by atoms with Crippen molar-refractivity contribution >= 4 is 33.8 Å². The number of amides is 3. The van der Waals surface area contributed by atoms with Crippen molar-refractivity contribution in [2.45, 2.75) is 63.6 Å². The quantitative estimate of drug-likeness (QED) is 0.115. The first kappa shape index (κ1) is 36.7. The molecule has 0 bridgehead atoms. The zero-order chi connectivity index (χ0) is 35.7. The molecule has 5 rings (SSSR count). The number of hydrazine groups is 1. The number of hydrogen-bond donors (Lipinski definition) is 5. The van der Waals surface area contributed by atoms with Gasteiger partial charge in [0.2, 0.25) is 0 Å². The molecule has 0 heterocycles. The molecule has 0 aliphatic heterocycles. The highest BCUT2D eigenvalue weighted by molar-refractivity contribution is 9.10. The highest BCUT2D eigenvalue weighted by Gasteiger charge is 2.42. The van der Waals surface area contributed by atoms with Gasteiger partial charge in [-0.05, 0) is 45.9 Å². The SMILES string of the molecule is CC(C)[C@H](NC(=O)OCc1ccccc1)C(=O)NN(Cc1ccc(Br)cc1)C[C@](O)(Cc1ccccc1)C(=O)N[C@H]1c2ccccc2C[C@H]1O. The molecule has 0 spiro atoms. The van der Waals surface area contributed by atoms with Gasteiger partial charge >= 0.3 is 6.09 Å². The fourth-order valence-corrected chi connectivity index (χ4v) is 6.34. The van der Waals surface area contributed by atoms with E-state index in [1.807, 2.05) is 109 Å². The Morgan fingerprint density at radius 1 is 0.880 bits per heavy atom. The number of ether oxygens (including phenoxy) is 1. The number of hydrogen-bond acceptors (Lipinski definition) is 7. The van der Waals surface area contributed by atoms with Gasteiger partial charge in [0, 0.05) is 23.9 Å². The monoisotopic (exact) mass is 742 g/mol. The molecular weight excluding hydrogens is 700 g/mol. The molecule has 0 aromatic heterocycles. The lowest BCUT2D eigenvalue weighted by molar-refractivity contribution is -0.147. The third kappa shape index (κ3) is 9.79. The Bertz CT molecular complexity index is 1740. The summed E-state index contributed by atoms with van der Waals surface area (Å²) in [6.45, 7) is 3.44. The van der Waals surface area contributed by atoms with E-state index in [-0.39, 0.29) is 32.0 Å². The summed E-state index contributed by atoms with van der Waals surface area (Å²) in [5.74, 6) is -1.57. The molecule has 4 atom stereocenters. The normalized spacial score (nSPS) is 17.0. The fraction of sp³-hybridized carbons (Fsp3) is 0.308. The smallest absolute Gasteiger partial charge is 0.408 e. The van der Waals surface area contributed by atoms with Crippen molar-refractivity contribution < 1.29 is 29.3 Å². The molecule has 0 unspecified atom stereocenters. The topological polar surface area (TPSA) is 140 Å². The predicted molar refractivity (Wildman–Crippen MR) is 193 cm³/mol. The van der Waals surface area contributed by atoms with Crippen molar-refractivity contribution in [1.82, 2.24) is 21.1 Å². The summed E-state index contributed by atoms with van der Waals surface area (Å²) in [6, 6.07) is 31.6. The molecule has 1 aliphatic rings. The minimum Gasteiger partial charge on any atom is -0.445 e. The first-order valence-electron chi connectivity index (χ1n) is 16.6. The number of benzene rings is 4. The molecule has 3 amide bonds. The molecule has 11 heteroatoms. The second-order valence-corrected chi connectivity index (χ2v) is 13.9. The molecule has 4 aromatic carbocycles. The van der Waals surface area contributed by atoms with Crippen molar-refractivity contribution in [3.8, 4) is 0 Å². The largest absolute Gasteiger partial charge is 0.445 e. The van der Waals surface area contributed by atoms with Crippen molar-refractivity contribution in [2.24, 2.45) is 5.92 Å². The number of halogens is 1. The molecule has 1 aliphatic carbocycles. The van der Waals surface area contributed by atoms with Crippen LogP contribution in [0.15, 0.2) is 114 Å². The molecule has 4 aromatic rings. The van der Waals surface area contributed by atoms with E-state index in [9.17, 15) is 24.6 Å². The summed E-state index contributed by atoms with van der Waals surface area (Å²) in [6.07, 6.45) is -1.32. The summed E-state index contributed by atoms with van der Waals surface area (Å²) in [5, 5.41) is 30.3. The maximum atomic E-state index is 14.2. The van der Waals surface area contributed by atoms with Crippen molar-refractivity contribution in [3.63, 3.8) is 0 Å². The second-order valence-electron chi connectivity index (χ2n) is 13.0. The summed E-state index contributed by atoms with van der Waals surface area (Å²) < 4.78 is 6.25. The highest BCUT2D eigenvalue weighted by Crippen LogP contribution is 2.32. The lowest BCUT2D eigenvalue weighted by Crippen LogP contribution is -2.61. The molecule has 0 fully saturated rings. The Balaban J connectivity index is 1.39. The number of rotatable bonds is 14. The van der Waals surface area contributed by atoms with Crippen LogP contribution in [0.2, 0.25) is 0 Å². The van der Waals surface area contributed by atoms with Crippen LogP contribution >= 0.6 is 15.9 Å². The number of fused-ring (bicyclic) bond motifs is 1. The third-order valence-corrected chi connectivity index (χ3v) is 9.22. The van der Waals surface area contributed by atoms with Crippen LogP contribution in [0.1, 0.15) is 47.7 Å². The van der Waals surface area contributed by atoms with Crippen LogP contribution in [0.4, 0.5) is 4.79 Å². The van der Waals surface area contributed by atoms with Gasteiger partial charge in [0.25, 0.3) is 11.8 Å². The molecule has 0 saturated heterocycles. The number of aliphatic hydroxyl groups excluding tert-OH is 1. The number of carbonyl (C=O) groups is 3. The first-order chi connectivity index (χ1) is 24.0. The maximum absolute atomic E-state index is 14.2. The minimum absolute atomic E-state index is 0.0383. The van der Waals surface area contributed by atoms with Crippen LogP contribution in [0, 0.1) is 5.92 Å². The van der Waals surface area contributed by atoms with E-state index >= 15 is 0 Å². The standard InChI is InChI=1S/C39H43BrN4O6/c1-26(2)34(42-38(48)50-24-29-13-7-4-8-14-29)36(46)43-44(23-28-17-19-31(40)20-18-28)25-39(49,22-27-11-5-3-6-12-27)37(47)41-35-32-16-10-9-15-30(32)21-33(35)45/h3-20,26,33-35,45,49H,21-25H2,1-2H3,(H,41,47)(H,42,48)(H,43,46)/t33-,34+,35+,39-/m1/s1. The lowest BCUT2D eigenvalue weighted by atomic mass is 9.92. The Hall–Kier alpha value is -4.55. The van der Waals surface area contributed by atoms with E-state index in [2.05, 4.69) is 32.0 Å². The Labute approximate surface area is 301 Å². The Kier molecular flexibility index (Phi) is 12.4. The van der Waals surface area contributed by atoms with Gasteiger partial charge in [0.05, 0.1) is 18.7 Å². The summed E-state index contributed by atoms with van der Waals surface area (Å²) in [4.78, 5) is 40.9. The van der Waals surface area contributed by atoms with E-state index in [1.54, 1.807) is 13.8 Å². The Morgan fingerprint density at radius 2 is 1.50 bits per heavy atom. The molecule has 0 radical (unpaired) electrons. The average Bonchev–Trinajstić information content (AvgIpc) is 3.42. The van der Waals surface area contributed by atoms with E-state index in [1.165, 1.54) is 5.01 Å². The number of carbonyl (C=O) groups excluding carboxylic acids is 3. The van der Waals surface area contributed by atoms with E-state index in [4.69, 9.17) is 4.74 Å². The van der Waals surface area contributed by atoms with Crippen molar-refractivity contribution in [3.05, 3.63) is 141 Å². The zero-order valence-corrected chi connectivity index (χ0v) is 29.7. The van der Waals surface area contributed by atoms with Crippen LogP contribution < -0.4 is 16.1 Å². The summed E-state index contributed by atoms with van der Waals surface area (Å²) in [5.41, 5.74) is 4.84. The molecule has 5 N–H and O–H groups in total. The second kappa shape index (κ2) is 16.9. The van der Waals surface area contributed by atoms with Crippen molar-refractivity contribution in [2.75, 3.05) is 6.54 Å². The molecule has 0 saturated carbocycles. The third-order valence-electron chi connectivity index (χ3n) is 8.70. The Morgan fingerprint density at radius 3 is 2.16 bits per heavy atom. The van der Waals surface area contributed by atoms with Crippen LogP contribution in [0.3, 0.4) is 0 Å². The number of alkyl carbamates (subject to hydrolysis) is 1. The molecule has 262 valence electrons. The van der Waals surface area contributed by atoms with Gasteiger partial charge in [-0.3, -0.25) is 15.0 Å². The fourth-order valence-electron chi connectivity index (χ4n) is 6.08. The number of nitrogens with zero attached hydrogens (tertiary/aromatic N) is 1. The van der Waals surface area contributed by atoms with Crippen LogP contribution in [0.25, 0.3) is 0 Å². The summed E-state index contributed by atoms with van der Waals surface area (Å²) >= 11 is 3.45. The van der Waals surface area contributed by atoms with Gasteiger partial charge in [0.1, 0.15) is 12.6 Å². The van der Waals surface area contributed by atoms with Gasteiger partial charge in [-0.1, -0.05) is 127 Å². The van der Waals surface area contributed by atoms with Gasteiger partial charge < -0.3 is 25.6 Å². The van der Waals surface area contributed by atoms with E-state index in [0.717, 1.165) is 26.7 Å². The minimum atomic E-state index is -2.06. The molecule has 50 heavy (non-hydrogen) atoms. The highest BCUT2D eigenvalue weighted by atomic mass is 79.9. The number of aliphatic hydroxyl groups is 2. The van der Waals surface area contributed by atoms with Gasteiger partial charge in [-0.25, -0.2) is 9.80 Å². The molecule has 10 nitrogen and oxygen atoms in total. The van der Waals surface area contributed by atoms with Crippen LogP contribution in [-0.2, 0) is 40.3 Å².